The van der Waals surface area contributed by atoms with Crippen LogP contribution in [0.4, 0.5) is 5.69 Å². The van der Waals surface area contributed by atoms with Crippen LogP contribution in [0.15, 0.2) is 18.2 Å². The summed E-state index contributed by atoms with van der Waals surface area (Å²) in [6.07, 6.45) is 0. The minimum absolute atomic E-state index is 0.0708. The van der Waals surface area contributed by atoms with Gasteiger partial charge in [0, 0.05) is 28.2 Å². The van der Waals surface area contributed by atoms with Gasteiger partial charge in [0.25, 0.3) is 5.91 Å². The summed E-state index contributed by atoms with van der Waals surface area (Å²) < 4.78 is 0.965. The average molecular weight is 275 g/mol. The van der Waals surface area contributed by atoms with Gasteiger partial charge in [0.1, 0.15) is 4.88 Å². The van der Waals surface area contributed by atoms with E-state index in [9.17, 15) is 9.59 Å². The van der Waals surface area contributed by atoms with Gasteiger partial charge in [0.05, 0.1) is 5.69 Å². The Balaban J connectivity index is 2.21. The van der Waals surface area contributed by atoms with Gasteiger partial charge in [-0.15, -0.1) is 11.3 Å². The van der Waals surface area contributed by atoms with E-state index in [1.165, 1.54) is 11.3 Å². The lowest BCUT2D eigenvalue weighted by Crippen LogP contribution is -2.34. The molecule has 0 aliphatic carbocycles. The molecule has 1 atom stereocenters. The van der Waals surface area contributed by atoms with Crippen LogP contribution in [0.25, 0.3) is 10.1 Å². The number of primary amides is 1. The minimum Gasteiger partial charge on any atom is -0.381 e. The van der Waals surface area contributed by atoms with Crippen LogP contribution in [0, 0.1) is 0 Å². The quantitative estimate of drug-likeness (QED) is 0.738. The normalized spacial score (nSPS) is 18.4. The zero-order chi connectivity index (χ0) is 13.6. The topological polar surface area (TPSA) is 84.2 Å². The van der Waals surface area contributed by atoms with Crippen LogP contribution in [0.1, 0.15) is 27.0 Å². The van der Waals surface area contributed by atoms with Crippen LogP contribution in [-0.4, -0.2) is 24.4 Å². The fourth-order valence-electron chi connectivity index (χ4n) is 2.18. The van der Waals surface area contributed by atoms with Gasteiger partial charge >= 0.3 is 0 Å². The highest BCUT2D eigenvalue weighted by molar-refractivity contribution is 7.21. The third-order valence-corrected chi connectivity index (χ3v) is 4.31. The molecule has 1 aliphatic heterocycles. The van der Waals surface area contributed by atoms with Crippen molar-refractivity contribution in [3.63, 3.8) is 0 Å². The van der Waals surface area contributed by atoms with Gasteiger partial charge in [0.15, 0.2) is 0 Å². The van der Waals surface area contributed by atoms with Crippen LogP contribution in [-0.2, 0) is 0 Å². The highest BCUT2D eigenvalue weighted by Crippen LogP contribution is 2.37. The molecule has 5 nitrogen and oxygen atoms in total. The summed E-state index contributed by atoms with van der Waals surface area (Å²) in [4.78, 5) is 24.0. The van der Waals surface area contributed by atoms with Gasteiger partial charge in [-0.05, 0) is 25.1 Å². The molecule has 1 aromatic heterocycles. The molecule has 1 unspecified atom stereocenters. The van der Waals surface area contributed by atoms with Crippen molar-refractivity contribution in [2.45, 2.75) is 13.0 Å². The molecule has 6 heteroatoms. The molecule has 2 heterocycles. The summed E-state index contributed by atoms with van der Waals surface area (Å²) >= 11 is 1.42. The summed E-state index contributed by atoms with van der Waals surface area (Å²) in [6, 6.07) is 5.32. The van der Waals surface area contributed by atoms with Crippen molar-refractivity contribution in [2.24, 2.45) is 5.73 Å². The van der Waals surface area contributed by atoms with Gasteiger partial charge in [-0.1, -0.05) is 0 Å². The van der Waals surface area contributed by atoms with E-state index in [1.807, 2.05) is 13.0 Å². The zero-order valence-electron chi connectivity index (χ0n) is 10.3. The summed E-state index contributed by atoms with van der Waals surface area (Å²) in [5.41, 5.74) is 6.54. The standard InChI is InChI=1S/C13H13N3O2S/c1-6-5-15-10-8-4-7(12(14)17)2-3-9(8)19-11(10)13(18)16-6/h2-4,6,15H,5H2,1H3,(H2,14,17)(H,16,18). The third kappa shape index (κ3) is 1.94. The molecule has 2 aromatic rings. The second-order valence-corrected chi connectivity index (χ2v) is 5.69. The van der Waals surface area contributed by atoms with Crippen LogP contribution >= 0.6 is 11.3 Å². The molecule has 0 spiro atoms. The lowest BCUT2D eigenvalue weighted by atomic mass is 10.1. The number of rotatable bonds is 1. The number of fused-ring (bicyclic) bond motifs is 3. The fourth-order valence-corrected chi connectivity index (χ4v) is 3.24. The average Bonchev–Trinajstić information content (AvgIpc) is 2.67. The molecule has 0 bridgehead atoms. The summed E-state index contributed by atoms with van der Waals surface area (Å²) in [6.45, 7) is 2.60. The molecule has 98 valence electrons. The van der Waals surface area contributed by atoms with E-state index in [2.05, 4.69) is 10.6 Å². The number of anilines is 1. The molecule has 19 heavy (non-hydrogen) atoms. The Morgan fingerprint density at radius 2 is 2.26 bits per heavy atom. The second-order valence-electron chi connectivity index (χ2n) is 4.64. The number of nitrogens with one attached hydrogen (secondary N) is 2. The summed E-state index contributed by atoms with van der Waals surface area (Å²) in [5.74, 6) is -0.539. The maximum Gasteiger partial charge on any atom is 0.263 e. The SMILES string of the molecule is CC1CNc2c(sc3ccc(C(N)=O)cc23)C(=O)N1. The van der Waals surface area contributed by atoms with E-state index in [0.717, 1.165) is 15.8 Å². The number of benzene rings is 1. The molecule has 0 saturated carbocycles. The number of carbonyl (C=O) groups is 2. The van der Waals surface area contributed by atoms with Gasteiger partial charge in [-0.2, -0.15) is 0 Å². The maximum absolute atomic E-state index is 12.1. The Kier molecular flexibility index (Phi) is 2.67. The molecule has 2 amide bonds. The molecule has 3 rings (SSSR count). The molecule has 0 saturated heterocycles. The first-order chi connectivity index (χ1) is 9.06. The Hall–Kier alpha value is -2.08. The first kappa shape index (κ1) is 12.0. The molecule has 1 aliphatic rings. The fraction of sp³-hybridized carbons (Fsp3) is 0.231. The lowest BCUT2D eigenvalue weighted by Gasteiger charge is -2.09. The van der Waals surface area contributed by atoms with Gasteiger partial charge in [-0.3, -0.25) is 9.59 Å². The van der Waals surface area contributed by atoms with Gasteiger partial charge in [0.2, 0.25) is 5.91 Å². The van der Waals surface area contributed by atoms with Crippen LogP contribution < -0.4 is 16.4 Å². The van der Waals surface area contributed by atoms with Crippen molar-refractivity contribution in [3.8, 4) is 0 Å². The van der Waals surface area contributed by atoms with Crippen molar-refractivity contribution in [1.82, 2.24) is 5.32 Å². The largest absolute Gasteiger partial charge is 0.381 e. The molecular weight excluding hydrogens is 262 g/mol. The van der Waals surface area contributed by atoms with E-state index in [4.69, 9.17) is 5.73 Å². The Morgan fingerprint density at radius 1 is 1.47 bits per heavy atom. The smallest absolute Gasteiger partial charge is 0.263 e. The third-order valence-electron chi connectivity index (χ3n) is 3.14. The van der Waals surface area contributed by atoms with E-state index in [0.29, 0.717) is 17.0 Å². The van der Waals surface area contributed by atoms with E-state index in [-0.39, 0.29) is 11.9 Å². The zero-order valence-corrected chi connectivity index (χ0v) is 11.1. The van der Waals surface area contributed by atoms with Gasteiger partial charge in [-0.25, -0.2) is 0 Å². The molecule has 1 aromatic carbocycles. The van der Waals surface area contributed by atoms with Crippen LogP contribution in [0.5, 0.6) is 0 Å². The van der Waals surface area contributed by atoms with Crippen LogP contribution in [0.3, 0.4) is 0 Å². The van der Waals surface area contributed by atoms with E-state index >= 15 is 0 Å². The number of thiophene rings is 1. The van der Waals surface area contributed by atoms with Crippen LogP contribution in [0.2, 0.25) is 0 Å². The Bertz CT molecular complexity index is 692. The first-order valence-electron chi connectivity index (χ1n) is 5.97. The number of nitrogens with two attached hydrogens (primary N) is 1. The summed E-state index contributed by atoms with van der Waals surface area (Å²) in [5, 5.41) is 7.06. The first-order valence-corrected chi connectivity index (χ1v) is 6.79. The van der Waals surface area contributed by atoms with E-state index in [1.54, 1.807) is 12.1 Å². The highest BCUT2D eigenvalue weighted by Gasteiger charge is 2.23. The Morgan fingerprint density at radius 3 is 3.00 bits per heavy atom. The number of amides is 2. The number of hydrogen-bond acceptors (Lipinski definition) is 4. The Labute approximate surface area is 113 Å². The monoisotopic (exact) mass is 275 g/mol. The minimum atomic E-state index is -0.465. The predicted molar refractivity (Wildman–Crippen MR) is 75.8 cm³/mol. The molecule has 0 radical (unpaired) electrons. The molecular formula is C13H13N3O2S. The maximum atomic E-state index is 12.1. The summed E-state index contributed by atoms with van der Waals surface area (Å²) in [7, 11) is 0. The molecule has 0 fully saturated rings. The van der Waals surface area contributed by atoms with Crippen molar-refractivity contribution < 1.29 is 9.59 Å². The highest BCUT2D eigenvalue weighted by atomic mass is 32.1. The van der Waals surface area contributed by atoms with Crippen molar-refractivity contribution in [2.75, 3.05) is 11.9 Å². The van der Waals surface area contributed by atoms with Crippen molar-refractivity contribution in [3.05, 3.63) is 28.6 Å². The molecule has 4 N–H and O–H groups in total. The van der Waals surface area contributed by atoms with Crippen molar-refractivity contribution in [1.29, 1.82) is 0 Å². The predicted octanol–water partition coefficient (Wildman–Crippen LogP) is 1.54. The van der Waals surface area contributed by atoms with E-state index < -0.39 is 5.91 Å². The number of carbonyl (C=O) groups excluding carboxylic acids is 2. The second kappa shape index (κ2) is 4.24. The lowest BCUT2D eigenvalue weighted by molar-refractivity contribution is 0.0948. The van der Waals surface area contributed by atoms with Gasteiger partial charge < -0.3 is 16.4 Å². The number of hydrogen-bond donors (Lipinski definition) is 3. The van der Waals surface area contributed by atoms with Crippen molar-refractivity contribution >= 4 is 38.9 Å².